The van der Waals surface area contributed by atoms with Crippen molar-refractivity contribution >= 4 is 26.8 Å². The topological polar surface area (TPSA) is 95.5 Å². The number of carbonyl (C=O) groups is 1. The van der Waals surface area contributed by atoms with Gasteiger partial charge in [-0.15, -0.1) is 0 Å². The number of carboxylic acid groups (broad SMARTS) is 1. The van der Waals surface area contributed by atoms with Gasteiger partial charge in [0.05, 0.1) is 10.9 Å². The maximum Gasteiger partial charge on any atom is 1.00 e. The van der Waals surface area contributed by atoms with Crippen molar-refractivity contribution in [1.82, 2.24) is 4.72 Å². The van der Waals surface area contributed by atoms with Gasteiger partial charge in [-0.05, 0) is 59.0 Å². The van der Waals surface area contributed by atoms with Crippen LogP contribution in [0.4, 0.5) is 0 Å². The molecule has 0 radical (unpaired) electrons. The number of nitrogens with one attached hydrogen (secondary N) is 1. The van der Waals surface area contributed by atoms with Gasteiger partial charge in [0.15, 0.2) is 0 Å². The Labute approximate surface area is 191 Å². The van der Waals surface area contributed by atoms with Gasteiger partial charge < -0.3 is 14.6 Å². The third kappa shape index (κ3) is 4.99. The SMILES string of the molecule is O=C([O-])COc1ccc2c(c1)CC(NS(=O)(=O)c1ccc3ccccc3c1)C2.[Na+]. The molecule has 4 rings (SSSR count). The van der Waals surface area contributed by atoms with Gasteiger partial charge in [0, 0.05) is 6.04 Å². The number of ether oxygens (including phenoxy) is 1. The van der Waals surface area contributed by atoms with Gasteiger partial charge in [0.2, 0.25) is 10.0 Å². The van der Waals surface area contributed by atoms with Crippen molar-refractivity contribution in [2.75, 3.05) is 6.61 Å². The Kier molecular flexibility index (Phi) is 6.65. The molecule has 1 aliphatic carbocycles. The predicted octanol–water partition coefficient (Wildman–Crippen LogP) is -1.58. The zero-order valence-corrected chi connectivity index (χ0v) is 18.7. The number of rotatable bonds is 6. The van der Waals surface area contributed by atoms with Gasteiger partial charge in [-0.1, -0.05) is 36.4 Å². The summed E-state index contributed by atoms with van der Waals surface area (Å²) in [6, 6.07) is 17.7. The molecule has 8 heteroatoms. The van der Waals surface area contributed by atoms with E-state index < -0.39 is 22.6 Å². The van der Waals surface area contributed by atoms with Crippen LogP contribution >= 0.6 is 0 Å². The van der Waals surface area contributed by atoms with Crippen molar-refractivity contribution in [3.05, 3.63) is 71.8 Å². The molecule has 0 aromatic heterocycles. The zero-order valence-electron chi connectivity index (χ0n) is 15.9. The fourth-order valence-corrected chi connectivity index (χ4v) is 4.80. The van der Waals surface area contributed by atoms with Gasteiger partial charge >= 0.3 is 29.6 Å². The Hall–Kier alpha value is -1.90. The van der Waals surface area contributed by atoms with Gasteiger partial charge in [0.1, 0.15) is 12.4 Å². The fourth-order valence-electron chi connectivity index (χ4n) is 3.53. The Balaban J connectivity index is 0.00000240. The molecule has 0 bridgehead atoms. The first kappa shape index (κ1) is 21.8. The van der Waals surface area contributed by atoms with E-state index in [1.165, 1.54) is 0 Å². The smallest absolute Gasteiger partial charge is 0.546 e. The number of hydrogen-bond acceptors (Lipinski definition) is 5. The molecule has 0 saturated carbocycles. The molecule has 0 aliphatic heterocycles. The Morgan fingerprint density at radius 1 is 1.00 bits per heavy atom. The van der Waals surface area contributed by atoms with Crippen LogP contribution in [0.25, 0.3) is 10.8 Å². The maximum atomic E-state index is 12.8. The van der Waals surface area contributed by atoms with Crippen molar-refractivity contribution in [2.24, 2.45) is 0 Å². The predicted molar refractivity (Wildman–Crippen MR) is 102 cm³/mol. The van der Waals surface area contributed by atoms with Crippen LogP contribution in [0, 0.1) is 0 Å². The van der Waals surface area contributed by atoms with Crippen LogP contribution < -0.4 is 44.1 Å². The molecule has 29 heavy (non-hydrogen) atoms. The first-order chi connectivity index (χ1) is 13.4. The molecular formula is C21H18NNaO5S. The molecule has 3 aromatic rings. The van der Waals surface area contributed by atoms with Crippen molar-refractivity contribution in [3.8, 4) is 5.75 Å². The normalized spacial score (nSPS) is 15.5. The number of carboxylic acids is 1. The molecule has 1 atom stereocenters. The van der Waals surface area contributed by atoms with E-state index in [1.807, 2.05) is 30.3 Å². The van der Waals surface area contributed by atoms with E-state index >= 15 is 0 Å². The molecule has 3 aromatic carbocycles. The molecule has 0 heterocycles. The average Bonchev–Trinajstić information content (AvgIpc) is 3.06. The molecule has 1 aliphatic rings. The van der Waals surface area contributed by atoms with E-state index in [1.54, 1.807) is 30.3 Å². The quantitative estimate of drug-likeness (QED) is 0.487. The number of sulfonamides is 1. The summed E-state index contributed by atoms with van der Waals surface area (Å²) in [5.41, 5.74) is 1.97. The second kappa shape index (κ2) is 8.85. The van der Waals surface area contributed by atoms with Crippen LogP contribution in [-0.2, 0) is 27.7 Å². The minimum Gasteiger partial charge on any atom is -0.546 e. The largest absolute Gasteiger partial charge is 1.00 e. The first-order valence-corrected chi connectivity index (χ1v) is 10.3. The Bertz CT molecular complexity index is 1160. The number of carbonyl (C=O) groups excluding carboxylic acids is 1. The minimum atomic E-state index is -3.65. The van der Waals surface area contributed by atoms with E-state index in [2.05, 4.69) is 4.72 Å². The van der Waals surface area contributed by atoms with Crippen molar-refractivity contribution in [3.63, 3.8) is 0 Å². The van der Waals surface area contributed by atoms with Crippen LogP contribution in [-0.4, -0.2) is 27.0 Å². The van der Waals surface area contributed by atoms with E-state index in [0.717, 1.165) is 21.9 Å². The van der Waals surface area contributed by atoms with E-state index in [-0.39, 0.29) is 40.5 Å². The van der Waals surface area contributed by atoms with Crippen LogP contribution in [0.5, 0.6) is 5.75 Å². The summed E-state index contributed by atoms with van der Waals surface area (Å²) >= 11 is 0. The maximum absolute atomic E-state index is 12.8. The number of aliphatic carboxylic acids is 1. The average molecular weight is 419 g/mol. The summed E-state index contributed by atoms with van der Waals surface area (Å²) < 4.78 is 33.6. The van der Waals surface area contributed by atoms with Gasteiger partial charge in [-0.3, -0.25) is 0 Å². The van der Waals surface area contributed by atoms with Gasteiger partial charge in [-0.2, -0.15) is 0 Å². The Morgan fingerprint density at radius 2 is 1.72 bits per heavy atom. The first-order valence-electron chi connectivity index (χ1n) is 8.86. The van der Waals surface area contributed by atoms with Crippen LogP contribution in [0.3, 0.4) is 0 Å². The summed E-state index contributed by atoms with van der Waals surface area (Å²) in [4.78, 5) is 10.8. The number of benzene rings is 3. The zero-order chi connectivity index (χ0) is 19.7. The van der Waals surface area contributed by atoms with E-state index in [0.29, 0.717) is 18.6 Å². The van der Waals surface area contributed by atoms with Crippen molar-refractivity contribution in [1.29, 1.82) is 0 Å². The summed E-state index contributed by atoms with van der Waals surface area (Å²) in [7, 11) is -3.65. The molecule has 144 valence electrons. The molecular weight excluding hydrogens is 401 g/mol. The van der Waals surface area contributed by atoms with Crippen LogP contribution in [0.1, 0.15) is 11.1 Å². The molecule has 0 fully saturated rings. The third-order valence-corrected chi connectivity index (χ3v) is 6.34. The van der Waals surface area contributed by atoms with Gasteiger partial charge in [0.25, 0.3) is 0 Å². The van der Waals surface area contributed by atoms with Crippen molar-refractivity contribution in [2.45, 2.75) is 23.8 Å². The second-order valence-electron chi connectivity index (χ2n) is 6.83. The van der Waals surface area contributed by atoms with Crippen LogP contribution in [0.2, 0.25) is 0 Å². The summed E-state index contributed by atoms with van der Waals surface area (Å²) in [6.07, 6.45) is 1.09. The number of fused-ring (bicyclic) bond motifs is 2. The summed E-state index contributed by atoms with van der Waals surface area (Å²) in [5.74, 6) is -0.859. The minimum absolute atomic E-state index is 0. The fraction of sp³-hybridized carbons (Fsp3) is 0.190. The summed E-state index contributed by atoms with van der Waals surface area (Å²) in [6.45, 7) is -0.517. The third-order valence-electron chi connectivity index (χ3n) is 4.82. The molecule has 0 amide bonds. The molecule has 0 saturated heterocycles. The molecule has 1 unspecified atom stereocenters. The molecule has 6 nitrogen and oxygen atoms in total. The molecule has 0 spiro atoms. The molecule has 1 N–H and O–H groups in total. The number of hydrogen-bond donors (Lipinski definition) is 1. The van der Waals surface area contributed by atoms with Crippen molar-refractivity contribution < 1.29 is 52.6 Å². The van der Waals surface area contributed by atoms with E-state index in [4.69, 9.17) is 4.74 Å². The summed E-state index contributed by atoms with van der Waals surface area (Å²) in [5, 5.41) is 12.4. The standard InChI is InChI=1S/C21H19NO5S.Na/c23-21(24)13-27-19-7-5-16-9-18(10-17(16)11-19)22-28(25,26)20-8-6-14-3-1-2-4-15(14)12-20;/h1-8,11-12,18,22H,9-10,13H2,(H,23,24);/q;+1/p-1. The van der Waals surface area contributed by atoms with E-state index in [9.17, 15) is 18.3 Å². The van der Waals surface area contributed by atoms with Gasteiger partial charge in [-0.25, -0.2) is 13.1 Å². The van der Waals surface area contributed by atoms with Crippen LogP contribution in [0.15, 0.2) is 65.6 Å². The Morgan fingerprint density at radius 3 is 2.48 bits per heavy atom. The monoisotopic (exact) mass is 419 g/mol. The second-order valence-corrected chi connectivity index (χ2v) is 8.54.